The highest BCUT2D eigenvalue weighted by Gasteiger charge is 2.03. The third kappa shape index (κ3) is 2.48. The predicted molar refractivity (Wildman–Crippen MR) is 53.1 cm³/mol. The van der Waals surface area contributed by atoms with Crippen LogP contribution >= 0.6 is 12.6 Å². The van der Waals surface area contributed by atoms with Gasteiger partial charge >= 0.3 is 0 Å². The van der Waals surface area contributed by atoms with Crippen LogP contribution in [0.25, 0.3) is 0 Å². The van der Waals surface area contributed by atoms with Crippen LogP contribution < -0.4 is 0 Å². The van der Waals surface area contributed by atoms with Crippen molar-refractivity contribution in [2.24, 2.45) is 0 Å². The zero-order chi connectivity index (χ0) is 9.68. The predicted octanol–water partition coefficient (Wildman–Crippen LogP) is 1.60. The van der Waals surface area contributed by atoms with E-state index in [2.05, 4.69) is 24.5 Å². The smallest absolute Gasteiger partial charge is 0.144 e. The Morgan fingerprint density at radius 2 is 2.23 bits per heavy atom. The molecule has 0 fully saturated rings. The highest BCUT2D eigenvalue weighted by Crippen LogP contribution is 2.11. The lowest BCUT2D eigenvalue weighted by Crippen LogP contribution is -1.92. The molecule has 1 rings (SSSR count). The zero-order valence-electron chi connectivity index (χ0n) is 6.92. The Kier molecular flexibility index (Phi) is 3.81. The lowest BCUT2D eigenvalue weighted by molar-refractivity contribution is 0.275. The fourth-order valence-corrected chi connectivity index (χ4v) is 1.01. The minimum absolute atomic E-state index is 0.269. The molecule has 0 spiro atoms. The van der Waals surface area contributed by atoms with Crippen molar-refractivity contribution < 1.29 is 9.50 Å². The first-order chi connectivity index (χ1) is 6.29. The Bertz CT molecular complexity index is 352. The van der Waals surface area contributed by atoms with Gasteiger partial charge < -0.3 is 5.11 Å². The van der Waals surface area contributed by atoms with Gasteiger partial charge in [-0.3, -0.25) is 0 Å². The van der Waals surface area contributed by atoms with Gasteiger partial charge in [-0.25, -0.2) is 4.39 Å². The summed E-state index contributed by atoms with van der Waals surface area (Å²) in [6, 6.07) is 4.77. The molecule has 0 bridgehead atoms. The first kappa shape index (κ1) is 10.1. The van der Waals surface area contributed by atoms with Crippen LogP contribution in [0, 0.1) is 17.7 Å². The van der Waals surface area contributed by atoms with Crippen molar-refractivity contribution in [2.75, 3.05) is 5.75 Å². The van der Waals surface area contributed by atoms with Gasteiger partial charge in [-0.15, -0.1) is 0 Å². The highest BCUT2D eigenvalue weighted by atomic mass is 32.1. The highest BCUT2D eigenvalue weighted by molar-refractivity contribution is 7.80. The molecule has 0 aliphatic rings. The quantitative estimate of drug-likeness (QED) is 0.516. The summed E-state index contributed by atoms with van der Waals surface area (Å²) >= 11 is 3.89. The number of benzene rings is 1. The topological polar surface area (TPSA) is 20.2 Å². The van der Waals surface area contributed by atoms with Crippen molar-refractivity contribution in [3.8, 4) is 11.8 Å². The molecule has 13 heavy (non-hydrogen) atoms. The van der Waals surface area contributed by atoms with E-state index in [0.29, 0.717) is 11.3 Å². The summed E-state index contributed by atoms with van der Waals surface area (Å²) in [5, 5.41) is 8.77. The van der Waals surface area contributed by atoms with Crippen molar-refractivity contribution in [2.45, 2.75) is 6.61 Å². The first-order valence-corrected chi connectivity index (χ1v) is 4.41. The van der Waals surface area contributed by atoms with Gasteiger partial charge in [0.2, 0.25) is 0 Å². The summed E-state index contributed by atoms with van der Waals surface area (Å²) in [5.41, 5.74) is 0.576. The molecule has 0 radical (unpaired) electrons. The van der Waals surface area contributed by atoms with Crippen LogP contribution in [0.1, 0.15) is 11.1 Å². The molecule has 0 aromatic heterocycles. The van der Waals surface area contributed by atoms with E-state index in [1.165, 1.54) is 6.07 Å². The Morgan fingerprint density at radius 1 is 1.46 bits per heavy atom. The number of hydrogen-bond acceptors (Lipinski definition) is 2. The summed E-state index contributed by atoms with van der Waals surface area (Å²) in [6.45, 7) is -0.303. The van der Waals surface area contributed by atoms with Crippen LogP contribution in [0.3, 0.4) is 0 Å². The number of aliphatic hydroxyl groups is 1. The summed E-state index contributed by atoms with van der Waals surface area (Å²) in [4.78, 5) is 0. The maximum Gasteiger partial charge on any atom is 0.144 e. The second-order valence-electron chi connectivity index (χ2n) is 2.40. The number of halogens is 1. The van der Waals surface area contributed by atoms with E-state index in [0.717, 1.165) is 0 Å². The molecule has 68 valence electrons. The van der Waals surface area contributed by atoms with Gasteiger partial charge in [0.25, 0.3) is 0 Å². The monoisotopic (exact) mass is 196 g/mol. The van der Waals surface area contributed by atoms with Crippen LogP contribution in [0.2, 0.25) is 0 Å². The molecule has 0 unspecified atom stereocenters. The summed E-state index contributed by atoms with van der Waals surface area (Å²) in [7, 11) is 0. The van der Waals surface area contributed by atoms with E-state index >= 15 is 0 Å². The van der Waals surface area contributed by atoms with Gasteiger partial charge in [-0.1, -0.05) is 24.0 Å². The van der Waals surface area contributed by atoms with Crippen molar-refractivity contribution >= 4 is 12.6 Å². The van der Waals surface area contributed by atoms with Gasteiger partial charge in [-0.2, -0.15) is 12.6 Å². The molecule has 0 heterocycles. The number of hydrogen-bond donors (Lipinski definition) is 2. The van der Waals surface area contributed by atoms with Crippen molar-refractivity contribution in [1.29, 1.82) is 0 Å². The molecule has 1 aromatic rings. The maximum absolute atomic E-state index is 13.3. The third-order valence-electron chi connectivity index (χ3n) is 1.55. The Labute approximate surface area is 82.0 Å². The molecular weight excluding hydrogens is 187 g/mol. The molecule has 1 N–H and O–H groups in total. The largest absolute Gasteiger partial charge is 0.392 e. The Balaban J connectivity index is 3.08. The van der Waals surface area contributed by atoms with Gasteiger partial charge in [0.05, 0.1) is 17.9 Å². The second kappa shape index (κ2) is 4.90. The molecule has 1 aromatic carbocycles. The van der Waals surface area contributed by atoms with Gasteiger partial charge in [0.15, 0.2) is 0 Å². The molecule has 0 saturated carbocycles. The van der Waals surface area contributed by atoms with Gasteiger partial charge in [0.1, 0.15) is 5.82 Å². The Morgan fingerprint density at radius 3 is 2.85 bits per heavy atom. The van der Waals surface area contributed by atoms with Crippen LogP contribution in [0.4, 0.5) is 4.39 Å². The average Bonchev–Trinajstić information content (AvgIpc) is 2.16. The van der Waals surface area contributed by atoms with E-state index in [9.17, 15) is 4.39 Å². The van der Waals surface area contributed by atoms with Crippen molar-refractivity contribution in [3.05, 3.63) is 35.1 Å². The molecule has 3 heteroatoms. The SMILES string of the molecule is OCc1cccc(C#CCS)c1F. The lowest BCUT2D eigenvalue weighted by Gasteiger charge is -1.99. The summed E-state index contributed by atoms with van der Waals surface area (Å²) < 4.78 is 13.3. The van der Waals surface area contributed by atoms with E-state index in [1.807, 2.05) is 0 Å². The average molecular weight is 196 g/mol. The van der Waals surface area contributed by atoms with Crippen molar-refractivity contribution in [3.63, 3.8) is 0 Å². The molecule has 0 amide bonds. The zero-order valence-corrected chi connectivity index (χ0v) is 7.81. The lowest BCUT2D eigenvalue weighted by atomic mass is 10.1. The second-order valence-corrected chi connectivity index (χ2v) is 2.71. The Hall–Kier alpha value is -0.980. The molecule has 0 aliphatic carbocycles. The van der Waals surface area contributed by atoms with Crippen LogP contribution in [0.5, 0.6) is 0 Å². The fraction of sp³-hybridized carbons (Fsp3) is 0.200. The van der Waals surface area contributed by atoms with E-state index < -0.39 is 5.82 Å². The standard InChI is InChI=1S/C10H9FOS/c11-10-8(5-2-6-13)3-1-4-9(10)7-12/h1,3-4,12-13H,6-7H2. The summed E-state index contributed by atoms with van der Waals surface area (Å²) in [6.07, 6.45) is 0. The normalized spacial score (nSPS) is 9.15. The number of rotatable bonds is 1. The minimum Gasteiger partial charge on any atom is -0.392 e. The van der Waals surface area contributed by atoms with E-state index in [-0.39, 0.29) is 12.2 Å². The van der Waals surface area contributed by atoms with E-state index in [1.54, 1.807) is 12.1 Å². The van der Waals surface area contributed by atoms with Gasteiger partial charge in [-0.05, 0) is 6.07 Å². The minimum atomic E-state index is -0.445. The first-order valence-electron chi connectivity index (χ1n) is 3.77. The van der Waals surface area contributed by atoms with Crippen molar-refractivity contribution in [1.82, 2.24) is 0 Å². The van der Waals surface area contributed by atoms with E-state index in [4.69, 9.17) is 5.11 Å². The molecule has 1 nitrogen and oxygen atoms in total. The number of aliphatic hydroxyl groups excluding tert-OH is 1. The molecule has 0 atom stereocenters. The maximum atomic E-state index is 13.3. The summed E-state index contributed by atoms with van der Waals surface area (Å²) in [5.74, 6) is 5.22. The van der Waals surface area contributed by atoms with Crippen LogP contribution in [-0.2, 0) is 6.61 Å². The van der Waals surface area contributed by atoms with Crippen LogP contribution in [0.15, 0.2) is 18.2 Å². The number of thiol groups is 1. The fourth-order valence-electron chi connectivity index (χ4n) is 0.933. The molecule has 0 saturated heterocycles. The molecule has 0 aliphatic heterocycles. The van der Waals surface area contributed by atoms with Gasteiger partial charge in [0, 0.05) is 5.56 Å². The molecular formula is C10H9FOS. The third-order valence-corrected chi connectivity index (χ3v) is 1.71. The van der Waals surface area contributed by atoms with Crippen LogP contribution in [-0.4, -0.2) is 10.9 Å².